The second-order valence-electron chi connectivity index (χ2n) is 9.19. The molecule has 3 rings (SSSR count). The maximum absolute atomic E-state index is 13.5. The van der Waals surface area contributed by atoms with Crippen LogP contribution in [-0.2, 0) is 17.5 Å². The molecule has 1 aliphatic rings. The summed E-state index contributed by atoms with van der Waals surface area (Å²) in [6.07, 6.45) is -2.48. The van der Waals surface area contributed by atoms with Crippen LogP contribution in [0.5, 0.6) is 5.88 Å². The van der Waals surface area contributed by atoms with Crippen molar-refractivity contribution >= 4 is 34.6 Å². The van der Waals surface area contributed by atoms with E-state index in [1.165, 1.54) is 6.07 Å². The van der Waals surface area contributed by atoms with Crippen LogP contribution in [0, 0.1) is 6.57 Å². The van der Waals surface area contributed by atoms with E-state index < -0.39 is 28.9 Å². The Morgan fingerprint density at radius 2 is 1.97 bits per heavy atom. The zero-order valence-electron chi connectivity index (χ0n) is 20.5. The topological polar surface area (TPSA) is 62.1 Å². The number of rotatable bonds is 9. The molecule has 1 fully saturated rings. The highest BCUT2D eigenvalue weighted by Gasteiger charge is 2.49. The fourth-order valence-corrected chi connectivity index (χ4v) is 4.26. The third-order valence-electron chi connectivity index (χ3n) is 5.78. The van der Waals surface area contributed by atoms with Crippen LogP contribution in [0.15, 0.2) is 36.5 Å². The van der Waals surface area contributed by atoms with Gasteiger partial charge in [0.2, 0.25) is 5.88 Å². The quantitative estimate of drug-likeness (QED) is 0.275. The first-order chi connectivity index (χ1) is 16.9. The number of carbonyl (C=O) groups excluding carboxylic acids is 1. The lowest BCUT2D eigenvalue weighted by Gasteiger charge is -2.29. The minimum atomic E-state index is -4.73. The maximum Gasteiger partial charge on any atom is 0.407 e. The van der Waals surface area contributed by atoms with Crippen LogP contribution in [0.2, 0.25) is 0 Å². The zero-order chi connectivity index (χ0) is 26.7. The summed E-state index contributed by atoms with van der Waals surface area (Å²) in [4.78, 5) is 23.2. The Bertz CT molecular complexity index is 1160. The first-order valence-corrected chi connectivity index (χ1v) is 11.8. The number of aromatic nitrogens is 1. The molecule has 0 bridgehead atoms. The Morgan fingerprint density at radius 3 is 2.56 bits per heavy atom. The number of nitrogens with zero attached hydrogens (tertiary/aromatic N) is 4. The number of hydrogen-bond acceptors (Lipinski definition) is 5. The first kappa shape index (κ1) is 27.4. The van der Waals surface area contributed by atoms with Gasteiger partial charge in [-0.15, -0.1) is 0 Å². The van der Waals surface area contributed by atoms with Crippen LogP contribution in [0.4, 0.5) is 24.5 Å². The summed E-state index contributed by atoms with van der Waals surface area (Å²) in [5, 5.41) is 3.42. The third kappa shape index (κ3) is 5.94. The smallest absolute Gasteiger partial charge is 0.407 e. The molecule has 1 N–H and O–H groups in total. The van der Waals surface area contributed by atoms with Gasteiger partial charge in [-0.05, 0) is 50.2 Å². The normalized spacial score (nSPS) is 15.5. The number of ether oxygens (including phenoxy) is 1. The van der Waals surface area contributed by atoms with Crippen LogP contribution in [-0.4, -0.2) is 45.6 Å². The molecule has 1 amide bonds. The Hall–Kier alpha value is -3.23. The van der Waals surface area contributed by atoms with E-state index in [0.717, 1.165) is 22.6 Å². The van der Waals surface area contributed by atoms with E-state index in [2.05, 4.69) is 29.0 Å². The molecule has 0 spiro atoms. The number of hydrogen-bond donors (Lipinski definition) is 1. The largest absolute Gasteiger partial charge is 0.478 e. The highest BCUT2D eigenvalue weighted by atomic mass is 32.1. The molecular weight excluding hydrogens is 491 g/mol. The minimum Gasteiger partial charge on any atom is -0.478 e. The summed E-state index contributed by atoms with van der Waals surface area (Å²) in [5.41, 5.74) is -1.68. The molecular formula is C25H28F3N5O2S. The van der Waals surface area contributed by atoms with E-state index in [-0.39, 0.29) is 10.8 Å². The molecule has 7 nitrogen and oxygen atoms in total. The molecule has 2 aromatic rings. The van der Waals surface area contributed by atoms with Gasteiger partial charge in [-0.1, -0.05) is 26.0 Å². The predicted molar refractivity (Wildman–Crippen MR) is 135 cm³/mol. The van der Waals surface area contributed by atoms with E-state index in [0.29, 0.717) is 38.0 Å². The average Bonchev–Trinajstić information content (AvgIpc) is 2.98. The minimum absolute atomic E-state index is 0.0206. The SMILES string of the molecule is [C-]#[N+]c1ccc(N2C(=O)C(C)(C)N(CCCOc3ccc(CNC(C)C)cn3)C2=S)cc1C(F)(F)F. The Labute approximate surface area is 214 Å². The Balaban J connectivity index is 1.65. The monoisotopic (exact) mass is 519 g/mol. The van der Waals surface area contributed by atoms with E-state index in [4.69, 9.17) is 23.5 Å². The molecule has 36 heavy (non-hydrogen) atoms. The Morgan fingerprint density at radius 1 is 1.25 bits per heavy atom. The Kier molecular flexibility index (Phi) is 8.21. The molecule has 1 aromatic heterocycles. The molecule has 1 aromatic carbocycles. The standard InChI is InChI=1S/C25H28F3N5O2S/c1-16(2)30-14-17-7-10-21(31-15-17)35-12-6-11-32-23(36)33(22(34)24(32,3)4)18-8-9-20(29-5)19(13-18)25(26,27)28/h7-10,13,15-16,30H,6,11-12,14H2,1-4H3. The van der Waals surface area contributed by atoms with Gasteiger partial charge in [0.15, 0.2) is 10.8 Å². The number of carbonyl (C=O) groups is 1. The number of thiocarbonyl (C=S) groups is 1. The fourth-order valence-electron chi connectivity index (χ4n) is 3.75. The van der Waals surface area contributed by atoms with Crippen molar-refractivity contribution in [3.8, 4) is 5.88 Å². The zero-order valence-corrected chi connectivity index (χ0v) is 21.3. The van der Waals surface area contributed by atoms with Crippen molar-refractivity contribution in [3.63, 3.8) is 0 Å². The van der Waals surface area contributed by atoms with Crippen LogP contribution in [0.3, 0.4) is 0 Å². The number of alkyl halides is 3. The molecule has 1 aliphatic heterocycles. The van der Waals surface area contributed by atoms with Crippen LogP contribution in [0.1, 0.15) is 45.2 Å². The summed E-state index contributed by atoms with van der Waals surface area (Å²) in [5.74, 6) is 0.0354. The van der Waals surface area contributed by atoms with Gasteiger partial charge < -0.3 is 15.0 Å². The predicted octanol–water partition coefficient (Wildman–Crippen LogP) is 5.33. The second-order valence-corrected chi connectivity index (χ2v) is 9.55. The number of pyridine rings is 1. The highest BCUT2D eigenvalue weighted by molar-refractivity contribution is 7.80. The molecule has 0 aliphatic carbocycles. The number of halogens is 3. The van der Waals surface area contributed by atoms with Crippen molar-refractivity contribution in [2.75, 3.05) is 18.1 Å². The highest BCUT2D eigenvalue weighted by Crippen LogP contribution is 2.40. The van der Waals surface area contributed by atoms with Crippen molar-refractivity contribution in [2.24, 2.45) is 0 Å². The summed E-state index contributed by atoms with van der Waals surface area (Å²) >= 11 is 5.50. The first-order valence-electron chi connectivity index (χ1n) is 11.4. The summed E-state index contributed by atoms with van der Waals surface area (Å²) in [6.45, 7) is 15.9. The number of benzene rings is 1. The van der Waals surface area contributed by atoms with Gasteiger partial charge in [0.25, 0.3) is 5.91 Å². The summed E-state index contributed by atoms with van der Waals surface area (Å²) < 4.78 is 46.1. The van der Waals surface area contributed by atoms with Gasteiger partial charge in [0, 0.05) is 37.1 Å². The molecule has 0 atom stereocenters. The van der Waals surface area contributed by atoms with Gasteiger partial charge >= 0.3 is 6.18 Å². The molecule has 192 valence electrons. The molecule has 1 saturated heterocycles. The van der Waals surface area contributed by atoms with Crippen molar-refractivity contribution in [1.29, 1.82) is 0 Å². The van der Waals surface area contributed by atoms with Crippen molar-refractivity contribution in [2.45, 2.75) is 58.4 Å². The van der Waals surface area contributed by atoms with E-state index >= 15 is 0 Å². The lowest BCUT2D eigenvalue weighted by atomic mass is 10.0. The number of nitrogens with one attached hydrogen (secondary N) is 1. The molecule has 2 heterocycles. The summed E-state index contributed by atoms with van der Waals surface area (Å²) in [7, 11) is 0. The van der Waals surface area contributed by atoms with E-state index in [1.54, 1.807) is 31.0 Å². The number of anilines is 1. The fraction of sp³-hybridized carbons (Fsp3) is 0.440. The van der Waals surface area contributed by atoms with E-state index in [1.807, 2.05) is 6.07 Å². The average molecular weight is 520 g/mol. The van der Waals surface area contributed by atoms with Crippen LogP contribution < -0.4 is 15.0 Å². The van der Waals surface area contributed by atoms with Gasteiger partial charge in [-0.3, -0.25) is 9.69 Å². The summed E-state index contributed by atoms with van der Waals surface area (Å²) in [6, 6.07) is 7.25. The molecule has 0 radical (unpaired) electrons. The third-order valence-corrected chi connectivity index (χ3v) is 6.18. The van der Waals surface area contributed by atoms with Gasteiger partial charge in [0.05, 0.1) is 18.7 Å². The second kappa shape index (κ2) is 10.8. The van der Waals surface area contributed by atoms with Gasteiger partial charge in [-0.25, -0.2) is 9.83 Å². The lowest BCUT2D eigenvalue weighted by molar-refractivity contribution is -0.136. The van der Waals surface area contributed by atoms with Gasteiger partial charge in [0.1, 0.15) is 5.54 Å². The van der Waals surface area contributed by atoms with Crippen LogP contribution >= 0.6 is 12.2 Å². The molecule has 11 heteroatoms. The molecule has 0 saturated carbocycles. The van der Waals surface area contributed by atoms with E-state index in [9.17, 15) is 18.0 Å². The van der Waals surface area contributed by atoms with Crippen molar-refractivity contribution < 1.29 is 22.7 Å². The van der Waals surface area contributed by atoms with Gasteiger partial charge in [-0.2, -0.15) is 13.2 Å². The maximum atomic E-state index is 13.5. The van der Waals surface area contributed by atoms with Crippen LogP contribution in [0.25, 0.3) is 4.85 Å². The lowest BCUT2D eigenvalue weighted by Crippen LogP contribution is -2.44. The molecule has 0 unspecified atom stereocenters. The number of amides is 1. The van der Waals surface area contributed by atoms with Crippen molar-refractivity contribution in [3.05, 3.63) is 59.1 Å². The van der Waals surface area contributed by atoms with Crippen molar-refractivity contribution in [1.82, 2.24) is 15.2 Å².